The highest BCUT2D eigenvalue weighted by Crippen LogP contribution is 2.24. The normalized spacial score (nSPS) is 20.4. The summed E-state index contributed by atoms with van der Waals surface area (Å²) in [5.41, 5.74) is 2.20. The number of amides is 1. The second-order valence-corrected chi connectivity index (χ2v) is 8.41. The van der Waals surface area contributed by atoms with Crippen LogP contribution in [0.25, 0.3) is 0 Å². The monoisotopic (exact) mass is 357 g/mol. The third kappa shape index (κ3) is 5.82. The van der Waals surface area contributed by atoms with Crippen molar-refractivity contribution in [2.24, 2.45) is 5.92 Å². The van der Waals surface area contributed by atoms with Gasteiger partial charge in [-0.3, -0.25) is 9.69 Å². The Morgan fingerprint density at radius 2 is 1.62 bits per heavy atom. The first-order valence-corrected chi connectivity index (χ1v) is 10.4. The number of nitrogens with one attached hydrogen (secondary N) is 1. The molecule has 1 heterocycles. The lowest BCUT2D eigenvalue weighted by Gasteiger charge is -2.37. The molecule has 144 valence electrons. The molecule has 3 rings (SSSR count). The Hall–Kier alpha value is -1.39. The Balaban J connectivity index is 1.37. The van der Waals surface area contributed by atoms with Crippen LogP contribution >= 0.6 is 0 Å². The Bertz CT molecular complexity index is 555. The minimum Gasteiger partial charge on any atom is -0.325 e. The summed E-state index contributed by atoms with van der Waals surface area (Å²) in [6.07, 6.45) is 7.10. The average Bonchev–Trinajstić information content (AvgIpc) is 2.64. The van der Waals surface area contributed by atoms with E-state index in [0.29, 0.717) is 12.5 Å². The smallest absolute Gasteiger partial charge is 0.238 e. The zero-order chi connectivity index (χ0) is 18.4. The van der Waals surface area contributed by atoms with Crippen LogP contribution in [0.15, 0.2) is 24.3 Å². The number of rotatable bonds is 6. The molecule has 1 aliphatic carbocycles. The van der Waals surface area contributed by atoms with Crippen LogP contribution in [0.2, 0.25) is 0 Å². The van der Waals surface area contributed by atoms with E-state index in [1.807, 2.05) is 12.1 Å². The molecule has 2 fully saturated rings. The summed E-state index contributed by atoms with van der Waals surface area (Å²) in [7, 11) is 0. The van der Waals surface area contributed by atoms with E-state index < -0.39 is 0 Å². The zero-order valence-electron chi connectivity index (χ0n) is 16.5. The van der Waals surface area contributed by atoms with Gasteiger partial charge in [0.15, 0.2) is 0 Å². The highest BCUT2D eigenvalue weighted by atomic mass is 16.2. The van der Waals surface area contributed by atoms with Crippen LogP contribution in [-0.2, 0) is 4.79 Å². The van der Waals surface area contributed by atoms with Crippen LogP contribution < -0.4 is 5.32 Å². The van der Waals surface area contributed by atoms with E-state index in [1.165, 1.54) is 44.2 Å². The molecule has 1 amide bonds. The van der Waals surface area contributed by atoms with Gasteiger partial charge in [0.2, 0.25) is 5.91 Å². The number of nitrogens with zero attached hydrogens (tertiary/aromatic N) is 2. The van der Waals surface area contributed by atoms with Crippen molar-refractivity contribution in [3.05, 3.63) is 29.8 Å². The van der Waals surface area contributed by atoms with E-state index in [4.69, 9.17) is 0 Å². The van der Waals surface area contributed by atoms with E-state index in [-0.39, 0.29) is 5.91 Å². The molecule has 4 heteroatoms. The molecular formula is C22H35N3O. The van der Waals surface area contributed by atoms with Gasteiger partial charge < -0.3 is 10.2 Å². The van der Waals surface area contributed by atoms with E-state index >= 15 is 0 Å². The molecule has 0 bridgehead atoms. The van der Waals surface area contributed by atoms with E-state index in [1.54, 1.807) is 0 Å². The molecule has 1 saturated heterocycles. The summed E-state index contributed by atoms with van der Waals surface area (Å²) in [5.74, 6) is 1.53. The molecule has 1 N–H and O–H groups in total. The van der Waals surface area contributed by atoms with Crippen molar-refractivity contribution in [1.82, 2.24) is 9.80 Å². The predicted octanol–water partition coefficient (Wildman–Crippen LogP) is 3.95. The molecule has 1 saturated carbocycles. The second kappa shape index (κ2) is 9.52. The Morgan fingerprint density at radius 3 is 2.23 bits per heavy atom. The molecule has 0 aromatic heterocycles. The van der Waals surface area contributed by atoms with Crippen LogP contribution in [0, 0.1) is 5.92 Å². The summed E-state index contributed by atoms with van der Waals surface area (Å²) >= 11 is 0. The molecule has 0 spiro atoms. The number of hydrogen-bond acceptors (Lipinski definition) is 3. The summed E-state index contributed by atoms with van der Waals surface area (Å²) in [6.45, 7) is 10.4. The molecule has 1 aliphatic heterocycles. The first-order chi connectivity index (χ1) is 12.6. The fraction of sp³-hybridized carbons (Fsp3) is 0.682. The zero-order valence-corrected chi connectivity index (χ0v) is 16.5. The molecule has 4 nitrogen and oxygen atoms in total. The van der Waals surface area contributed by atoms with Gasteiger partial charge in [-0.25, -0.2) is 0 Å². The number of piperazine rings is 1. The standard InChI is InChI=1S/C22H35N3O/c1-18(2)20-8-10-21(11-9-20)23-22(26)17-25-14-12-24(13-15-25)16-19-6-4-3-5-7-19/h8-11,18-19H,3-7,12-17H2,1-2H3,(H,23,26). The summed E-state index contributed by atoms with van der Waals surface area (Å²) in [4.78, 5) is 17.2. The largest absolute Gasteiger partial charge is 0.325 e. The number of hydrogen-bond donors (Lipinski definition) is 1. The Morgan fingerprint density at radius 1 is 1.00 bits per heavy atom. The van der Waals surface area contributed by atoms with Gasteiger partial charge in [0.05, 0.1) is 6.54 Å². The molecule has 1 aromatic rings. The lowest BCUT2D eigenvalue weighted by molar-refractivity contribution is -0.117. The fourth-order valence-electron chi connectivity index (χ4n) is 4.22. The Labute approximate surface area is 158 Å². The average molecular weight is 358 g/mol. The van der Waals surface area contributed by atoms with Crippen molar-refractivity contribution < 1.29 is 4.79 Å². The van der Waals surface area contributed by atoms with E-state index in [9.17, 15) is 4.79 Å². The quantitative estimate of drug-likeness (QED) is 0.837. The van der Waals surface area contributed by atoms with E-state index in [2.05, 4.69) is 41.1 Å². The van der Waals surface area contributed by atoms with Crippen molar-refractivity contribution in [3.63, 3.8) is 0 Å². The van der Waals surface area contributed by atoms with Gasteiger partial charge in [-0.15, -0.1) is 0 Å². The number of benzene rings is 1. The van der Waals surface area contributed by atoms with Gasteiger partial charge in [0.25, 0.3) is 0 Å². The number of anilines is 1. The van der Waals surface area contributed by atoms with Crippen LogP contribution in [0.4, 0.5) is 5.69 Å². The topological polar surface area (TPSA) is 35.6 Å². The van der Waals surface area contributed by atoms with Crippen LogP contribution in [-0.4, -0.2) is 55.0 Å². The highest BCUT2D eigenvalue weighted by Gasteiger charge is 2.22. The minimum atomic E-state index is 0.100. The molecule has 0 radical (unpaired) electrons. The number of carbonyl (C=O) groups excluding carboxylic acids is 1. The van der Waals surface area contributed by atoms with Crippen molar-refractivity contribution >= 4 is 11.6 Å². The lowest BCUT2D eigenvalue weighted by Crippen LogP contribution is -2.49. The third-order valence-corrected chi connectivity index (χ3v) is 5.93. The molecule has 26 heavy (non-hydrogen) atoms. The van der Waals surface area contributed by atoms with Crippen molar-refractivity contribution in [2.45, 2.75) is 51.9 Å². The van der Waals surface area contributed by atoms with Crippen LogP contribution in [0.5, 0.6) is 0 Å². The third-order valence-electron chi connectivity index (χ3n) is 5.93. The van der Waals surface area contributed by atoms with Crippen molar-refractivity contribution in [1.29, 1.82) is 0 Å². The van der Waals surface area contributed by atoms with Gasteiger partial charge in [0.1, 0.15) is 0 Å². The summed E-state index contributed by atoms with van der Waals surface area (Å²) < 4.78 is 0. The first kappa shape index (κ1) is 19.4. The molecular weight excluding hydrogens is 322 g/mol. The fourth-order valence-corrected chi connectivity index (χ4v) is 4.22. The van der Waals surface area contributed by atoms with Gasteiger partial charge >= 0.3 is 0 Å². The predicted molar refractivity (Wildman–Crippen MR) is 109 cm³/mol. The molecule has 1 aromatic carbocycles. The minimum absolute atomic E-state index is 0.100. The number of carbonyl (C=O) groups is 1. The maximum absolute atomic E-state index is 12.3. The van der Waals surface area contributed by atoms with E-state index in [0.717, 1.165) is 37.8 Å². The maximum Gasteiger partial charge on any atom is 0.238 e. The van der Waals surface area contributed by atoms with Gasteiger partial charge in [-0.2, -0.15) is 0 Å². The SMILES string of the molecule is CC(C)c1ccc(NC(=O)CN2CCN(CC3CCCCC3)CC2)cc1. The Kier molecular flexibility index (Phi) is 7.09. The first-order valence-electron chi connectivity index (χ1n) is 10.4. The van der Waals surface area contributed by atoms with Gasteiger partial charge in [-0.05, 0) is 42.4 Å². The van der Waals surface area contributed by atoms with Crippen LogP contribution in [0.1, 0.15) is 57.4 Å². The molecule has 0 unspecified atom stereocenters. The highest BCUT2D eigenvalue weighted by molar-refractivity contribution is 5.92. The van der Waals surface area contributed by atoms with Gasteiger partial charge in [0, 0.05) is 38.4 Å². The van der Waals surface area contributed by atoms with Crippen molar-refractivity contribution in [3.8, 4) is 0 Å². The van der Waals surface area contributed by atoms with Crippen molar-refractivity contribution in [2.75, 3.05) is 44.6 Å². The summed E-state index contributed by atoms with van der Waals surface area (Å²) in [6, 6.07) is 8.22. The summed E-state index contributed by atoms with van der Waals surface area (Å²) in [5, 5.41) is 3.04. The molecule has 0 atom stereocenters. The second-order valence-electron chi connectivity index (χ2n) is 8.41. The molecule has 2 aliphatic rings. The van der Waals surface area contributed by atoms with Crippen LogP contribution in [0.3, 0.4) is 0 Å². The van der Waals surface area contributed by atoms with Gasteiger partial charge in [-0.1, -0.05) is 45.2 Å². The lowest BCUT2D eigenvalue weighted by atomic mass is 9.89. The maximum atomic E-state index is 12.3.